The molecule has 1 unspecified atom stereocenters. The van der Waals surface area contributed by atoms with Gasteiger partial charge in [0.2, 0.25) is 5.91 Å². The molecule has 0 spiro atoms. The van der Waals surface area contributed by atoms with Crippen molar-refractivity contribution in [3.8, 4) is 17.2 Å². The van der Waals surface area contributed by atoms with E-state index < -0.39 is 5.92 Å². The van der Waals surface area contributed by atoms with Gasteiger partial charge in [-0.3, -0.25) is 19.5 Å². The molecular weight excluding hydrogens is 330 g/mol. The van der Waals surface area contributed by atoms with Crippen molar-refractivity contribution < 1.29 is 4.79 Å². The zero-order chi connectivity index (χ0) is 18.1. The lowest BCUT2D eigenvalue weighted by Gasteiger charge is -2.12. The maximum Gasteiger partial charge on any atom is 0.245 e. The third kappa shape index (κ3) is 3.04. The van der Waals surface area contributed by atoms with Gasteiger partial charge in [-0.15, -0.1) is 0 Å². The summed E-state index contributed by atoms with van der Waals surface area (Å²) in [5.74, 6) is -0.259. The van der Waals surface area contributed by atoms with Gasteiger partial charge in [0.1, 0.15) is 5.92 Å². The summed E-state index contributed by atoms with van der Waals surface area (Å²) < 4.78 is 1.72. The molecule has 4 heterocycles. The fourth-order valence-electron chi connectivity index (χ4n) is 2.83. The monoisotopic (exact) mass is 349 g/mol. The molecule has 1 saturated heterocycles. The quantitative estimate of drug-likeness (QED) is 0.765. The minimum atomic E-state index is -0.587. The summed E-state index contributed by atoms with van der Waals surface area (Å²) in [7, 11) is 1.85. The number of fused-ring (bicyclic) bond motifs is 1. The Balaban J connectivity index is 0.000000510. The van der Waals surface area contributed by atoms with Crippen LogP contribution in [0.25, 0.3) is 22.2 Å². The summed E-state index contributed by atoms with van der Waals surface area (Å²) in [6, 6.07) is 3.97. The number of aryl methyl sites for hydroxylation is 1. The fraction of sp³-hybridized carbons (Fsp3) is 0.389. The van der Waals surface area contributed by atoms with Gasteiger partial charge in [0, 0.05) is 37.1 Å². The standard InChI is InChI=1S/C15H13N7O.C3H6/c1-21-8-11(7-18-21)10-4-12-13(17-6-10)19-20-14(12)22-3-2-9(5-16)15(22)23;1-2-3-1/h4,6-9H,2-3H2,1H3,(H,17,19,20);1-3H2. The number of anilines is 1. The predicted octanol–water partition coefficient (Wildman–Crippen LogP) is 2.41. The highest BCUT2D eigenvalue weighted by Crippen LogP contribution is 2.31. The zero-order valence-corrected chi connectivity index (χ0v) is 14.5. The molecule has 3 aromatic rings. The van der Waals surface area contributed by atoms with E-state index in [9.17, 15) is 4.79 Å². The molecule has 2 aliphatic rings. The highest BCUT2D eigenvalue weighted by molar-refractivity contribution is 6.04. The molecule has 1 aliphatic carbocycles. The van der Waals surface area contributed by atoms with Crippen LogP contribution in [0.1, 0.15) is 25.7 Å². The molecule has 1 N–H and O–H groups in total. The van der Waals surface area contributed by atoms with Crippen LogP contribution in [0.5, 0.6) is 0 Å². The maximum atomic E-state index is 12.3. The molecule has 26 heavy (non-hydrogen) atoms. The predicted molar refractivity (Wildman–Crippen MR) is 96.0 cm³/mol. The van der Waals surface area contributed by atoms with Gasteiger partial charge in [0.25, 0.3) is 0 Å². The van der Waals surface area contributed by atoms with Crippen LogP contribution in [0.15, 0.2) is 24.7 Å². The highest BCUT2D eigenvalue weighted by Gasteiger charge is 2.34. The second-order valence-corrected chi connectivity index (χ2v) is 6.59. The summed E-state index contributed by atoms with van der Waals surface area (Å²) in [6.07, 6.45) is 10.4. The minimum Gasteiger partial charge on any atom is -0.294 e. The number of nitrogens with one attached hydrogen (secondary N) is 1. The van der Waals surface area contributed by atoms with E-state index in [0.29, 0.717) is 24.4 Å². The summed E-state index contributed by atoms with van der Waals surface area (Å²) in [5, 5.41) is 21.0. The molecule has 0 bridgehead atoms. The van der Waals surface area contributed by atoms with Gasteiger partial charge < -0.3 is 0 Å². The summed E-state index contributed by atoms with van der Waals surface area (Å²) in [5.41, 5.74) is 2.45. The lowest BCUT2D eigenvalue weighted by molar-refractivity contribution is -0.119. The van der Waals surface area contributed by atoms with E-state index in [-0.39, 0.29) is 5.91 Å². The third-order valence-corrected chi connectivity index (χ3v) is 4.41. The van der Waals surface area contributed by atoms with Crippen molar-refractivity contribution in [3.05, 3.63) is 24.7 Å². The van der Waals surface area contributed by atoms with Gasteiger partial charge in [-0.2, -0.15) is 15.5 Å². The number of aromatic amines is 1. The largest absolute Gasteiger partial charge is 0.294 e. The van der Waals surface area contributed by atoms with Crippen LogP contribution < -0.4 is 4.90 Å². The highest BCUT2D eigenvalue weighted by atomic mass is 16.2. The van der Waals surface area contributed by atoms with Crippen molar-refractivity contribution in [1.82, 2.24) is 25.0 Å². The Morgan fingerprint density at radius 1 is 1.27 bits per heavy atom. The van der Waals surface area contributed by atoms with Crippen LogP contribution >= 0.6 is 0 Å². The lowest BCUT2D eigenvalue weighted by Crippen LogP contribution is -2.27. The molecule has 1 aliphatic heterocycles. The summed E-state index contributed by atoms with van der Waals surface area (Å²) in [6.45, 7) is 0.494. The van der Waals surface area contributed by atoms with Crippen LogP contribution in [0.2, 0.25) is 0 Å². The zero-order valence-electron chi connectivity index (χ0n) is 14.5. The third-order valence-electron chi connectivity index (χ3n) is 4.41. The fourth-order valence-corrected chi connectivity index (χ4v) is 2.83. The van der Waals surface area contributed by atoms with Crippen LogP contribution in [-0.2, 0) is 11.8 Å². The average Bonchev–Trinajstić information content (AvgIpc) is 3.27. The van der Waals surface area contributed by atoms with E-state index in [1.54, 1.807) is 22.0 Å². The van der Waals surface area contributed by atoms with E-state index in [0.717, 1.165) is 16.5 Å². The summed E-state index contributed by atoms with van der Waals surface area (Å²) in [4.78, 5) is 18.2. The Kier molecular flexibility index (Phi) is 4.13. The Labute approximate surface area is 150 Å². The molecule has 8 heteroatoms. The van der Waals surface area contributed by atoms with Crippen LogP contribution in [0.3, 0.4) is 0 Å². The first-order valence-corrected chi connectivity index (χ1v) is 8.71. The van der Waals surface area contributed by atoms with Gasteiger partial charge in [-0.05, 0) is 12.5 Å². The van der Waals surface area contributed by atoms with E-state index in [4.69, 9.17) is 5.26 Å². The first-order valence-electron chi connectivity index (χ1n) is 8.71. The second-order valence-electron chi connectivity index (χ2n) is 6.59. The summed E-state index contributed by atoms with van der Waals surface area (Å²) >= 11 is 0. The Morgan fingerprint density at radius 2 is 2.08 bits per heavy atom. The molecule has 8 nitrogen and oxygen atoms in total. The van der Waals surface area contributed by atoms with Crippen molar-refractivity contribution in [1.29, 1.82) is 5.26 Å². The number of hydrogen-bond acceptors (Lipinski definition) is 5. The van der Waals surface area contributed by atoms with Gasteiger partial charge in [-0.1, -0.05) is 19.3 Å². The van der Waals surface area contributed by atoms with Gasteiger partial charge in [-0.25, -0.2) is 4.98 Å². The van der Waals surface area contributed by atoms with Crippen molar-refractivity contribution in [2.45, 2.75) is 25.7 Å². The maximum absolute atomic E-state index is 12.3. The molecular formula is C18H19N7O. The van der Waals surface area contributed by atoms with E-state index in [2.05, 4.69) is 20.3 Å². The van der Waals surface area contributed by atoms with Crippen molar-refractivity contribution >= 4 is 22.8 Å². The van der Waals surface area contributed by atoms with Gasteiger partial charge in [0.15, 0.2) is 11.5 Å². The molecule has 5 rings (SSSR count). The molecule has 1 amide bonds. The first kappa shape index (κ1) is 16.3. The number of H-pyrrole nitrogens is 1. The molecule has 0 radical (unpaired) electrons. The molecule has 1 saturated carbocycles. The number of hydrogen-bond donors (Lipinski definition) is 1. The molecule has 2 fully saturated rings. The van der Waals surface area contributed by atoms with Crippen LogP contribution in [0.4, 0.5) is 5.82 Å². The van der Waals surface area contributed by atoms with E-state index in [1.807, 2.05) is 25.4 Å². The number of pyridine rings is 1. The second kappa shape index (κ2) is 6.59. The molecule has 132 valence electrons. The topological polar surface area (TPSA) is 103 Å². The Bertz CT molecular complexity index is 992. The number of carbonyl (C=O) groups excluding carboxylic acids is 1. The first-order chi connectivity index (χ1) is 12.7. The van der Waals surface area contributed by atoms with Crippen molar-refractivity contribution in [2.24, 2.45) is 13.0 Å². The Morgan fingerprint density at radius 3 is 2.69 bits per heavy atom. The average molecular weight is 349 g/mol. The minimum absolute atomic E-state index is 0.201. The number of carbonyl (C=O) groups is 1. The molecule has 3 aromatic heterocycles. The Hall–Kier alpha value is -3.21. The number of aromatic nitrogens is 5. The SMILES string of the molecule is C1CC1.Cn1cc(-c2cnc3[nH]nc(N4CCC(C#N)C4=O)c3c2)cn1. The van der Waals surface area contributed by atoms with E-state index in [1.165, 1.54) is 19.3 Å². The smallest absolute Gasteiger partial charge is 0.245 e. The normalized spacial score (nSPS) is 18.5. The van der Waals surface area contributed by atoms with E-state index >= 15 is 0 Å². The van der Waals surface area contributed by atoms with Crippen molar-refractivity contribution in [2.75, 3.05) is 11.4 Å². The van der Waals surface area contributed by atoms with Gasteiger partial charge in [0.05, 0.1) is 17.7 Å². The number of amides is 1. The van der Waals surface area contributed by atoms with Crippen LogP contribution in [0, 0.1) is 17.2 Å². The van der Waals surface area contributed by atoms with Crippen molar-refractivity contribution in [3.63, 3.8) is 0 Å². The van der Waals surface area contributed by atoms with Gasteiger partial charge >= 0.3 is 0 Å². The van der Waals surface area contributed by atoms with Crippen LogP contribution in [-0.4, -0.2) is 37.4 Å². The molecule has 1 atom stereocenters. The number of nitriles is 1. The number of nitrogens with zero attached hydrogens (tertiary/aromatic N) is 6. The molecule has 0 aromatic carbocycles. The number of rotatable bonds is 2. The lowest BCUT2D eigenvalue weighted by atomic mass is 10.1.